The first-order valence-corrected chi connectivity index (χ1v) is 10.7. The van der Waals surface area contributed by atoms with Crippen LogP contribution in [0.3, 0.4) is 0 Å². The summed E-state index contributed by atoms with van der Waals surface area (Å²) in [5.74, 6) is 2.60. The molecule has 2 N–H and O–H groups in total. The molecule has 158 valence electrons. The van der Waals surface area contributed by atoms with Crippen molar-refractivity contribution in [3.8, 4) is 0 Å². The van der Waals surface area contributed by atoms with E-state index in [9.17, 15) is 0 Å². The summed E-state index contributed by atoms with van der Waals surface area (Å²) >= 11 is 0. The van der Waals surface area contributed by atoms with Gasteiger partial charge in [-0.15, -0.1) is 10.2 Å². The van der Waals surface area contributed by atoms with Crippen molar-refractivity contribution >= 4 is 5.96 Å². The van der Waals surface area contributed by atoms with Gasteiger partial charge in [0.1, 0.15) is 12.4 Å². The lowest BCUT2D eigenvalue weighted by Crippen LogP contribution is -2.50. The molecule has 7 nitrogen and oxygen atoms in total. The Labute approximate surface area is 174 Å². The number of rotatable bonds is 6. The van der Waals surface area contributed by atoms with Gasteiger partial charge >= 0.3 is 0 Å². The number of nitrogens with one attached hydrogen (secondary N) is 2. The van der Waals surface area contributed by atoms with E-state index in [-0.39, 0.29) is 6.04 Å². The number of guanidine groups is 1. The molecule has 1 saturated heterocycles. The number of aromatic nitrogens is 3. The maximum Gasteiger partial charge on any atom is 0.192 e. The van der Waals surface area contributed by atoms with Gasteiger partial charge in [-0.1, -0.05) is 30.3 Å². The summed E-state index contributed by atoms with van der Waals surface area (Å²) in [7, 11) is 1.98. The monoisotopic (exact) mass is 397 g/mol. The van der Waals surface area contributed by atoms with Gasteiger partial charge in [0.15, 0.2) is 11.8 Å². The molecule has 0 amide bonds. The number of hydrogen-bond acceptors (Lipinski definition) is 4. The van der Waals surface area contributed by atoms with Gasteiger partial charge in [-0.05, 0) is 46.1 Å². The second kappa shape index (κ2) is 9.87. The van der Waals surface area contributed by atoms with Gasteiger partial charge in [-0.3, -0.25) is 0 Å². The molecule has 1 aliphatic rings. The second-order valence-electron chi connectivity index (χ2n) is 8.21. The largest absolute Gasteiger partial charge is 0.354 e. The summed E-state index contributed by atoms with van der Waals surface area (Å²) in [6, 6.07) is 11.7. The van der Waals surface area contributed by atoms with E-state index in [2.05, 4.69) is 70.8 Å². The molecule has 1 atom stereocenters. The van der Waals surface area contributed by atoms with Crippen LogP contribution in [-0.2, 0) is 13.6 Å². The summed E-state index contributed by atoms with van der Waals surface area (Å²) < 4.78 is 1.99. The smallest absolute Gasteiger partial charge is 0.192 e. The third kappa shape index (κ3) is 5.79. The van der Waals surface area contributed by atoms with Crippen molar-refractivity contribution in [1.82, 2.24) is 30.3 Å². The Morgan fingerprint density at radius 1 is 1.14 bits per heavy atom. The maximum atomic E-state index is 4.84. The SMILES string of the molecule is Cc1nnc(CN=C(NC2CCN(C(C)C)CC2)NC(C)c2ccccc2)n1C. The highest BCUT2D eigenvalue weighted by Crippen LogP contribution is 2.14. The number of hydrogen-bond donors (Lipinski definition) is 2. The molecule has 0 spiro atoms. The van der Waals surface area contributed by atoms with E-state index >= 15 is 0 Å². The lowest BCUT2D eigenvalue weighted by Gasteiger charge is -2.35. The van der Waals surface area contributed by atoms with Crippen LogP contribution in [0.5, 0.6) is 0 Å². The summed E-state index contributed by atoms with van der Waals surface area (Å²) in [4.78, 5) is 7.38. The molecule has 2 heterocycles. The zero-order valence-electron chi connectivity index (χ0n) is 18.4. The molecule has 1 aromatic heterocycles. The Kier molecular flexibility index (Phi) is 7.25. The second-order valence-corrected chi connectivity index (χ2v) is 8.21. The first-order valence-electron chi connectivity index (χ1n) is 10.7. The zero-order chi connectivity index (χ0) is 20.8. The Morgan fingerprint density at radius 3 is 2.41 bits per heavy atom. The van der Waals surface area contributed by atoms with Gasteiger partial charge in [-0.25, -0.2) is 4.99 Å². The van der Waals surface area contributed by atoms with Crippen LogP contribution in [0.25, 0.3) is 0 Å². The highest BCUT2D eigenvalue weighted by molar-refractivity contribution is 5.80. The third-order valence-corrected chi connectivity index (χ3v) is 5.81. The highest BCUT2D eigenvalue weighted by Gasteiger charge is 2.22. The van der Waals surface area contributed by atoms with Crippen molar-refractivity contribution in [3.05, 3.63) is 47.5 Å². The lowest BCUT2D eigenvalue weighted by molar-refractivity contribution is 0.167. The van der Waals surface area contributed by atoms with Crippen molar-refractivity contribution in [2.45, 2.75) is 65.2 Å². The van der Waals surface area contributed by atoms with Crippen LogP contribution in [0.15, 0.2) is 35.3 Å². The predicted molar refractivity (Wildman–Crippen MR) is 118 cm³/mol. The normalized spacial score (nSPS) is 17.5. The summed E-state index contributed by atoms with van der Waals surface area (Å²) in [5, 5.41) is 15.6. The quantitative estimate of drug-likeness (QED) is 0.579. The molecular formula is C22H35N7. The lowest BCUT2D eigenvalue weighted by atomic mass is 10.0. The standard InChI is InChI=1S/C22H35N7/c1-16(2)29-13-11-20(12-14-29)25-22(23-15-21-27-26-18(4)28(21)5)24-17(3)19-9-7-6-8-10-19/h6-10,16-17,20H,11-15H2,1-5H3,(H2,23,24,25). The molecular weight excluding hydrogens is 362 g/mol. The van der Waals surface area contributed by atoms with E-state index in [0.717, 1.165) is 43.5 Å². The molecule has 0 saturated carbocycles. The van der Waals surface area contributed by atoms with Crippen LogP contribution in [0.4, 0.5) is 0 Å². The van der Waals surface area contributed by atoms with E-state index in [1.54, 1.807) is 0 Å². The minimum absolute atomic E-state index is 0.166. The Bertz CT molecular complexity index is 789. The van der Waals surface area contributed by atoms with E-state index in [1.807, 2.05) is 24.6 Å². The van der Waals surface area contributed by atoms with Gasteiger partial charge in [0.2, 0.25) is 0 Å². The highest BCUT2D eigenvalue weighted by atomic mass is 15.3. The first kappa shape index (κ1) is 21.3. The maximum absolute atomic E-state index is 4.84. The molecule has 3 rings (SSSR count). The molecule has 1 fully saturated rings. The van der Waals surface area contributed by atoms with Crippen molar-refractivity contribution in [2.24, 2.45) is 12.0 Å². The summed E-state index contributed by atoms with van der Waals surface area (Å²) in [6.45, 7) is 11.4. The van der Waals surface area contributed by atoms with Gasteiger partial charge < -0.3 is 20.1 Å². The van der Waals surface area contributed by atoms with Crippen LogP contribution in [0.2, 0.25) is 0 Å². The number of likely N-dealkylation sites (tertiary alicyclic amines) is 1. The van der Waals surface area contributed by atoms with Crippen molar-refractivity contribution < 1.29 is 0 Å². The summed E-state index contributed by atoms with van der Waals surface area (Å²) in [6.07, 6.45) is 2.25. The molecule has 1 aromatic carbocycles. The molecule has 1 unspecified atom stereocenters. The molecule has 2 aromatic rings. The first-order chi connectivity index (χ1) is 13.9. The minimum atomic E-state index is 0.166. The zero-order valence-corrected chi connectivity index (χ0v) is 18.4. The Balaban J connectivity index is 1.69. The molecule has 1 aliphatic heterocycles. The van der Waals surface area contributed by atoms with E-state index < -0.39 is 0 Å². The number of piperidine rings is 1. The van der Waals surface area contributed by atoms with Crippen molar-refractivity contribution in [2.75, 3.05) is 13.1 Å². The fourth-order valence-corrected chi connectivity index (χ4v) is 3.66. The average molecular weight is 398 g/mol. The Morgan fingerprint density at radius 2 is 1.83 bits per heavy atom. The van der Waals surface area contributed by atoms with Gasteiger partial charge in [0.05, 0.1) is 6.04 Å². The van der Waals surface area contributed by atoms with Crippen molar-refractivity contribution in [3.63, 3.8) is 0 Å². The van der Waals surface area contributed by atoms with Gasteiger partial charge in [-0.2, -0.15) is 0 Å². The number of aryl methyl sites for hydroxylation is 1. The molecule has 0 bridgehead atoms. The number of benzene rings is 1. The molecule has 7 heteroatoms. The van der Waals surface area contributed by atoms with Crippen LogP contribution < -0.4 is 10.6 Å². The van der Waals surface area contributed by atoms with Crippen molar-refractivity contribution in [1.29, 1.82) is 0 Å². The van der Waals surface area contributed by atoms with Crippen LogP contribution in [0.1, 0.15) is 56.9 Å². The number of nitrogens with zero attached hydrogens (tertiary/aromatic N) is 5. The minimum Gasteiger partial charge on any atom is -0.354 e. The van der Waals surface area contributed by atoms with Crippen LogP contribution in [0, 0.1) is 6.92 Å². The predicted octanol–water partition coefficient (Wildman–Crippen LogP) is 2.79. The van der Waals surface area contributed by atoms with Crippen LogP contribution in [-0.4, -0.2) is 50.8 Å². The topological polar surface area (TPSA) is 70.4 Å². The average Bonchev–Trinajstić information content (AvgIpc) is 3.05. The van der Waals surface area contributed by atoms with E-state index in [1.165, 1.54) is 5.56 Å². The van der Waals surface area contributed by atoms with E-state index in [4.69, 9.17) is 4.99 Å². The van der Waals surface area contributed by atoms with Crippen LogP contribution >= 0.6 is 0 Å². The van der Waals surface area contributed by atoms with E-state index in [0.29, 0.717) is 18.6 Å². The summed E-state index contributed by atoms with van der Waals surface area (Å²) in [5.41, 5.74) is 1.24. The van der Waals surface area contributed by atoms with Gasteiger partial charge in [0.25, 0.3) is 0 Å². The Hall–Kier alpha value is -2.41. The molecule has 29 heavy (non-hydrogen) atoms. The fourth-order valence-electron chi connectivity index (χ4n) is 3.66. The fraction of sp³-hybridized carbons (Fsp3) is 0.591. The molecule has 0 aliphatic carbocycles. The third-order valence-electron chi connectivity index (χ3n) is 5.81. The van der Waals surface area contributed by atoms with Gasteiger partial charge in [0, 0.05) is 32.2 Å². The number of aliphatic imine (C=N–C) groups is 1. The molecule has 0 radical (unpaired) electrons.